The summed E-state index contributed by atoms with van der Waals surface area (Å²) in [5.74, 6) is 2.17. The zero-order valence-corrected chi connectivity index (χ0v) is 14.1. The van der Waals surface area contributed by atoms with Gasteiger partial charge in [-0.25, -0.2) is 4.98 Å². The minimum Gasteiger partial charge on any atom is -0.337 e. The monoisotopic (exact) mass is 331 g/mol. The second-order valence-electron chi connectivity index (χ2n) is 6.39. The number of aryl methyl sites for hydroxylation is 1. The van der Waals surface area contributed by atoms with E-state index in [0.717, 1.165) is 43.3 Å². The Balaban J connectivity index is 1.39. The van der Waals surface area contributed by atoms with Crippen molar-refractivity contribution in [1.82, 2.24) is 24.6 Å². The smallest absolute Gasteiger partial charge is 0.273 e. The number of hydrogen-bond acceptors (Lipinski definition) is 5. The first-order chi connectivity index (χ1) is 11.3. The molecule has 2 aromatic heterocycles. The molecule has 2 aliphatic rings. The van der Waals surface area contributed by atoms with E-state index >= 15 is 0 Å². The van der Waals surface area contributed by atoms with Gasteiger partial charge in [-0.05, 0) is 32.6 Å². The third-order valence-corrected chi connectivity index (χ3v) is 5.81. The first kappa shape index (κ1) is 14.8. The van der Waals surface area contributed by atoms with Crippen LogP contribution >= 0.6 is 11.3 Å². The van der Waals surface area contributed by atoms with Gasteiger partial charge in [0, 0.05) is 36.9 Å². The molecule has 0 N–H and O–H groups in total. The molecule has 3 heterocycles. The highest BCUT2D eigenvalue weighted by molar-refractivity contribution is 7.10. The van der Waals surface area contributed by atoms with Crippen LogP contribution in [-0.4, -0.2) is 43.6 Å². The van der Waals surface area contributed by atoms with Gasteiger partial charge in [-0.2, -0.15) is 0 Å². The van der Waals surface area contributed by atoms with E-state index in [1.165, 1.54) is 12.8 Å². The summed E-state index contributed by atoms with van der Waals surface area (Å²) in [5.41, 5.74) is 0.632. The second kappa shape index (κ2) is 6.03. The molecule has 1 aliphatic heterocycles. The molecule has 23 heavy (non-hydrogen) atoms. The number of piperidine rings is 1. The van der Waals surface area contributed by atoms with Gasteiger partial charge in [0.25, 0.3) is 5.91 Å². The molecule has 0 unspecified atom stereocenters. The number of thiazole rings is 1. The van der Waals surface area contributed by atoms with Crippen molar-refractivity contribution in [3.63, 3.8) is 0 Å². The highest BCUT2D eigenvalue weighted by Crippen LogP contribution is 2.41. The van der Waals surface area contributed by atoms with Gasteiger partial charge in [-0.15, -0.1) is 21.5 Å². The number of nitrogens with zero attached hydrogens (tertiary/aromatic N) is 5. The van der Waals surface area contributed by atoms with Crippen molar-refractivity contribution < 1.29 is 4.79 Å². The van der Waals surface area contributed by atoms with E-state index in [2.05, 4.69) is 26.7 Å². The van der Waals surface area contributed by atoms with Gasteiger partial charge in [-0.1, -0.05) is 0 Å². The molecule has 1 saturated carbocycles. The average Bonchev–Trinajstić information content (AvgIpc) is 3.14. The number of carbonyl (C=O) groups excluding carboxylic acids is 1. The molecule has 4 rings (SSSR count). The molecule has 1 amide bonds. The van der Waals surface area contributed by atoms with Gasteiger partial charge in [0.05, 0.1) is 5.01 Å². The Bertz CT molecular complexity index is 697. The Kier molecular flexibility index (Phi) is 3.88. The molecular formula is C16H21N5OS. The van der Waals surface area contributed by atoms with Gasteiger partial charge in [-0.3, -0.25) is 4.79 Å². The lowest BCUT2D eigenvalue weighted by Gasteiger charge is -2.31. The van der Waals surface area contributed by atoms with Gasteiger partial charge in [0.15, 0.2) is 0 Å². The summed E-state index contributed by atoms with van der Waals surface area (Å²) in [6, 6.07) is 0. The maximum Gasteiger partial charge on any atom is 0.273 e. The second-order valence-corrected chi connectivity index (χ2v) is 7.28. The fourth-order valence-corrected chi connectivity index (χ4v) is 4.20. The Hall–Kier alpha value is -1.76. The number of likely N-dealkylation sites (tertiary alicyclic amines) is 1. The quantitative estimate of drug-likeness (QED) is 0.864. The number of carbonyl (C=O) groups is 1. The van der Waals surface area contributed by atoms with Crippen LogP contribution in [0.25, 0.3) is 0 Å². The minimum atomic E-state index is 0.0866. The van der Waals surface area contributed by atoms with Crippen molar-refractivity contribution in [3.05, 3.63) is 28.2 Å². The summed E-state index contributed by atoms with van der Waals surface area (Å²) in [6.07, 6.45) is 6.14. The van der Waals surface area contributed by atoms with E-state index in [-0.39, 0.29) is 5.91 Å². The summed E-state index contributed by atoms with van der Waals surface area (Å²) < 4.78 is 2.10. The molecule has 2 fully saturated rings. The molecule has 1 saturated heterocycles. The Morgan fingerprint density at radius 2 is 2.04 bits per heavy atom. The standard InChI is InChI=1S/C16H21N5OS/c1-2-20-10-17-19-14(20)11-5-7-21(8-6-11)16(22)13-9-23-15(18-13)12-3-4-12/h9-12H,2-8H2,1H3. The van der Waals surface area contributed by atoms with Crippen LogP contribution in [0.5, 0.6) is 0 Å². The van der Waals surface area contributed by atoms with Gasteiger partial charge >= 0.3 is 0 Å². The Morgan fingerprint density at radius 1 is 1.26 bits per heavy atom. The molecule has 6 nitrogen and oxygen atoms in total. The fourth-order valence-electron chi connectivity index (χ4n) is 3.23. The van der Waals surface area contributed by atoms with E-state index < -0.39 is 0 Å². The lowest BCUT2D eigenvalue weighted by molar-refractivity contribution is 0.0705. The van der Waals surface area contributed by atoms with Crippen LogP contribution in [0.1, 0.15) is 65.8 Å². The molecule has 0 aromatic carbocycles. The van der Waals surface area contributed by atoms with E-state index in [1.54, 1.807) is 17.7 Å². The third kappa shape index (κ3) is 2.89. The van der Waals surface area contributed by atoms with Gasteiger partial charge in [0.2, 0.25) is 0 Å². The predicted molar refractivity (Wildman–Crippen MR) is 87.7 cm³/mol. The third-order valence-electron chi connectivity index (χ3n) is 4.80. The normalized spacial score (nSPS) is 19.3. The minimum absolute atomic E-state index is 0.0866. The molecular weight excluding hydrogens is 310 g/mol. The zero-order chi connectivity index (χ0) is 15.8. The molecule has 0 spiro atoms. The summed E-state index contributed by atoms with van der Waals surface area (Å²) in [6.45, 7) is 4.54. The number of aromatic nitrogens is 4. The summed E-state index contributed by atoms with van der Waals surface area (Å²) in [5, 5.41) is 11.4. The van der Waals surface area contributed by atoms with Crippen molar-refractivity contribution in [2.24, 2.45) is 0 Å². The van der Waals surface area contributed by atoms with Crippen LogP contribution in [0, 0.1) is 0 Å². The van der Waals surface area contributed by atoms with Gasteiger partial charge in [0.1, 0.15) is 17.8 Å². The topological polar surface area (TPSA) is 63.9 Å². The van der Waals surface area contributed by atoms with Crippen molar-refractivity contribution in [1.29, 1.82) is 0 Å². The van der Waals surface area contributed by atoms with E-state index in [0.29, 0.717) is 17.5 Å². The van der Waals surface area contributed by atoms with Crippen LogP contribution in [0.3, 0.4) is 0 Å². The largest absolute Gasteiger partial charge is 0.337 e. The lowest BCUT2D eigenvalue weighted by Crippen LogP contribution is -2.38. The number of hydrogen-bond donors (Lipinski definition) is 0. The first-order valence-electron chi connectivity index (χ1n) is 8.38. The number of rotatable bonds is 4. The fraction of sp³-hybridized carbons (Fsp3) is 0.625. The summed E-state index contributed by atoms with van der Waals surface area (Å²) in [4.78, 5) is 19.1. The predicted octanol–water partition coefficient (Wildman–Crippen LogP) is 2.65. The zero-order valence-electron chi connectivity index (χ0n) is 13.3. The maximum absolute atomic E-state index is 12.6. The van der Waals surface area contributed by atoms with Crippen molar-refractivity contribution >= 4 is 17.2 Å². The van der Waals surface area contributed by atoms with Gasteiger partial charge < -0.3 is 9.47 Å². The lowest BCUT2D eigenvalue weighted by atomic mass is 9.95. The molecule has 0 radical (unpaired) electrons. The van der Waals surface area contributed by atoms with Crippen molar-refractivity contribution in [2.75, 3.05) is 13.1 Å². The summed E-state index contributed by atoms with van der Waals surface area (Å²) >= 11 is 1.64. The maximum atomic E-state index is 12.6. The van der Waals surface area contributed by atoms with Crippen molar-refractivity contribution in [2.45, 2.75) is 51.0 Å². The molecule has 7 heteroatoms. The molecule has 0 bridgehead atoms. The molecule has 122 valence electrons. The molecule has 1 aliphatic carbocycles. The van der Waals surface area contributed by atoms with Crippen LogP contribution in [-0.2, 0) is 6.54 Å². The van der Waals surface area contributed by atoms with Crippen LogP contribution in [0.15, 0.2) is 11.7 Å². The molecule has 0 atom stereocenters. The van der Waals surface area contributed by atoms with Crippen LogP contribution in [0.2, 0.25) is 0 Å². The number of amides is 1. The Labute approximate surface area is 139 Å². The van der Waals surface area contributed by atoms with E-state index in [1.807, 2.05) is 10.3 Å². The van der Waals surface area contributed by atoms with E-state index in [4.69, 9.17) is 0 Å². The molecule has 2 aromatic rings. The van der Waals surface area contributed by atoms with Crippen LogP contribution in [0.4, 0.5) is 0 Å². The highest BCUT2D eigenvalue weighted by Gasteiger charge is 2.30. The SMILES string of the molecule is CCn1cnnc1C1CCN(C(=O)c2csc(C3CC3)n2)CC1. The Morgan fingerprint density at radius 3 is 2.74 bits per heavy atom. The van der Waals surface area contributed by atoms with Crippen molar-refractivity contribution in [3.8, 4) is 0 Å². The highest BCUT2D eigenvalue weighted by atomic mass is 32.1. The van der Waals surface area contributed by atoms with E-state index in [9.17, 15) is 4.79 Å². The first-order valence-corrected chi connectivity index (χ1v) is 9.26. The van der Waals surface area contributed by atoms with Crippen LogP contribution < -0.4 is 0 Å². The average molecular weight is 331 g/mol. The summed E-state index contributed by atoms with van der Waals surface area (Å²) in [7, 11) is 0.